The predicted octanol–water partition coefficient (Wildman–Crippen LogP) is 3.67. The van der Waals surface area contributed by atoms with E-state index in [1.807, 2.05) is 0 Å². The van der Waals surface area contributed by atoms with Crippen LogP contribution in [0, 0.1) is 5.41 Å². The Morgan fingerprint density at radius 1 is 1.06 bits per heavy atom. The lowest BCUT2D eigenvalue weighted by molar-refractivity contribution is 0.284. The van der Waals surface area contributed by atoms with Crippen LogP contribution in [0.25, 0.3) is 0 Å². The SMILES string of the molecule is CC1(C)CCN(CCCCCCNC(C)(C)C)C1. The van der Waals surface area contributed by atoms with E-state index in [4.69, 9.17) is 0 Å². The van der Waals surface area contributed by atoms with Gasteiger partial charge >= 0.3 is 0 Å². The van der Waals surface area contributed by atoms with Crippen molar-refractivity contribution in [3.63, 3.8) is 0 Å². The summed E-state index contributed by atoms with van der Waals surface area (Å²) in [7, 11) is 0. The highest BCUT2D eigenvalue weighted by molar-refractivity contribution is 4.82. The van der Waals surface area contributed by atoms with E-state index < -0.39 is 0 Å². The molecule has 1 saturated heterocycles. The normalized spacial score (nSPS) is 20.5. The first-order chi connectivity index (χ1) is 8.29. The first kappa shape index (κ1) is 16.0. The second kappa shape index (κ2) is 6.91. The van der Waals surface area contributed by atoms with Gasteiger partial charge in [0, 0.05) is 12.1 Å². The molecule has 0 aliphatic carbocycles. The van der Waals surface area contributed by atoms with E-state index in [9.17, 15) is 0 Å². The monoisotopic (exact) mass is 254 g/mol. The number of unbranched alkanes of at least 4 members (excludes halogenated alkanes) is 3. The highest BCUT2D eigenvalue weighted by atomic mass is 15.1. The molecule has 0 amide bonds. The van der Waals surface area contributed by atoms with Gasteiger partial charge in [0.1, 0.15) is 0 Å². The maximum atomic E-state index is 3.55. The van der Waals surface area contributed by atoms with Gasteiger partial charge in [-0.2, -0.15) is 0 Å². The van der Waals surface area contributed by atoms with Crippen LogP contribution < -0.4 is 5.32 Å². The minimum Gasteiger partial charge on any atom is -0.312 e. The summed E-state index contributed by atoms with van der Waals surface area (Å²) in [6.45, 7) is 16.6. The Labute approximate surface area is 115 Å². The third-order valence-electron chi connectivity index (χ3n) is 3.81. The number of hydrogen-bond donors (Lipinski definition) is 1. The maximum Gasteiger partial charge on any atom is 0.00965 e. The Hall–Kier alpha value is -0.0800. The molecule has 0 spiro atoms. The van der Waals surface area contributed by atoms with Gasteiger partial charge in [-0.05, 0) is 65.1 Å². The fraction of sp³-hybridized carbons (Fsp3) is 1.00. The minimum absolute atomic E-state index is 0.279. The third-order valence-corrected chi connectivity index (χ3v) is 3.81. The lowest BCUT2D eigenvalue weighted by Crippen LogP contribution is -2.36. The fourth-order valence-electron chi connectivity index (χ4n) is 2.69. The molecule has 108 valence electrons. The van der Waals surface area contributed by atoms with Crippen molar-refractivity contribution in [3.8, 4) is 0 Å². The molecule has 0 aromatic carbocycles. The standard InChI is InChI=1S/C16H34N2/c1-15(2,3)17-11-8-6-7-9-12-18-13-10-16(4,5)14-18/h17H,6-14H2,1-5H3. The Balaban J connectivity index is 1.91. The second-order valence-corrected chi connectivity index (χ2v) is 7.78. The van der Waals surface area contributed by atoms with Crippen molar-refractivity contribution in [2.24, 2.45) is 5.41 Å². The molecule has 0 saturated carbocycles. The summed E-state index contributed by atoms with van der Waals surface area (Å²) in [5.74, 6) is 0. The fourth-order valence-corrected chi connectivity index (χ4v) is 2.69. The van der Waals surface area contributed by atoms with Gasteiger partial charge in [-0.25, -0.2) is 0 Å². The molecule has 1 rings (SSSR count). The Bertz CT molecular complexity index is 228. The molecule has 1 N–H and O–H groups in total. The zero-order valence-corrected chi connectivity index (χ0v) is 13.3. The van der Waals surface area contributed by atoms with Gasteiger partial charge in [0.05, 0.1) is 0 Å². The molecule has 1 fully saturated rings. The molecule has 0 bridgehead atoms. The van der Waals surface area contributed by atoms with E-state index in [0.717, 1.165) is 0 Å². The minimum atomic E-state index is 0.279. The van der Waals surface area contributed by atoms with E-state index in [0.29, 0.717) is 5.41 Å². The molecular weight excluding hydrogens is 220 g/mol. The molecule has 0 unspecified atom stereocenters. The topological polar surface area (TPSA) is 15.3 Å². The molecule has 0 atom stereocenters. The molecule has 0 radical (unpaired) electrons. The smallest absolute Gasteiger partial charge is 0.00965 e. The van der Waals surface area contributed by atoms with Gasteiger partial charge in [0.15, 0.2) is 0 Å². The zero-order valence-electron chi connectivity index (χ0n) is 13.3. The van der Waals surface area contributed by atoms with Crippen LogP contribution >= 0.6 is 0 Å². The first-order valence-corrected chi connectivity index (χ1v) is 7.76. The van der Waals surface area contributed by atoms with Crippen molar-refractivity contribution in [2.45, 2.75) is 72.3 Å². The van der Waals surface area contributed by atoms with Crippen molar-refractivity contribution in [2.75, 3.05) is 26.2 Å². The van der Waals surface area contributed by atoms with Gasteiger partial charge in [-0.3, -0.25) is 0 Å². The summed E-state index contributed by atoms with van der Waals surface area (Å²) in [6, 6.07) is 0. The molecule has 2 heteroatoms. The van der Waals surface area contributed by atoms with Gasteiger partial charge < -0.3 is 10.2 Å². The van der Waals surface area contributed by atoms with Crippen LogP contribution in [0.15, 0.2) is 0 Å². The van der Waals surface area contributed by atoms with Crippen molar-refractivity contribution in [1.82, 2.24) is 10.2 Å². The molecule has 2 nitrogen and oxygen atoms in total. The largest absolute Gasteiger partial charge is 0.312 e. The number of nitrogens with zero attached hydrogens (tertiary/aromatic N) is 1. The third kappa shape index (κ3) is 7.38. The summed E-state index contributed by atoms with van der Waals surface area (Å²) in [6.07, 6.45) is 6.85. The van der Waals surface area contributed by atoms with E-state index in [2.05, 4.69) is 44.8 Å². The molecule has 0 aromatic heterocycles. The highest BCUT2D eigenvalue weighted by Gasteiger charge is 2.28. The first-order valence-electron chi connectivity index (χ1n) is 7.76. The molecular formula is C16H34N2. The van der Waals surface area contributed by atoms with Crippen LogP contribution in [0.2, 0.25) is 0 Å². The summed E-state index contributed by atoms with van der Waals surface area (Å²) >= 11 is 0. The van der Waals surface area contributed by atoms with Crippen molar-refractivity contribution >= 4 is 0 Å². The maximum absolute atomic E-state index is 3.55. The summed E-state index contributed by atoms with van der Waals surface area (Å²) in [4.78, 5) is 2.65. The van der Waals surface area contributed by atoms with Crippen LogP contribution in [0.1, 0.15) is 66.7 Å². The average Bonchev–Trinajstić information content (AvgIpc) is 2.55. The Kier molecular flexibility index (Phi) is 6.13. The lowest BCUT2D eigenvalue weighted by atomic mass is 9.93. The highest BCUT2D eigenvalue weighted by Crippen LogP contribution is 2.28. The molecule has 1 aliphatic rings. The lowest BCUT2D eigenvalue weighted by Gasteiger charge is -2.20. The van der Waals surface area contributed by atoms with E-state index in [1.54, 1.807) is 0 Å². The summed E-state index contributed by atoms with van der Waals surface area (Å²) < 4.78 is 0. The van der Waals surface area contributed by atoms with E-state index >= 15 is 0 Å². The number of likely N-dealkylation sites (tertiary alicyclic amines) is 1. The van der Waals surface area contributed by atoms with Gasteiger partial charge in [-0.15, -0.1) is 0 Å². The molecule has 1 heterocycles. The van der Waals surface area contributed by atoms with Crippen LogP contribution in [0.4, 0.5) is 0 Å². The van der Waals surface area contributed by atoms with Crippen LogP contribution in [0.3, 0.4) is 0 Å². The van der Waals surface area contributed by atoms with Crippen LogP contribution in [-0.2, 0) is 0 Å². The van der Waals surface area contributed by atoms with E-state index in [1.165, 1.54) is 58.3 Å². The Morgan fingerprint density at radius 2 is 1.72 bits per heavy atom. The quantitative estimate of drug-likeness (QED) is 0.697. The molecule has 18 heavy (non-hydrogen) atoms. The second-order valence-electron chi connectivity index (χ2n) is 7.78. The van der Waals surface area contributed by atoms with E-state index in [-0.39, 0.29) is 5.54 Å². The number of hydrogen-bond acceptors (Lipinski definition) is 2. The average molecular weight is 254 g/mol. The Morgan fingerprint density at radius 3 is 2.28 bits per heavy atom. The van der Waals surface area contributed by atoms with Crippen LogP contribution in [0.5, 0.6) is 0 Å². The van der Waals surface area contributed by atoms with Gasteiger partial charge in [0.2, 0.25) is 0 Å². The summed E-state index contributed by atoms with van der Waals surface area (Å²) in [5.41, 5.74) is 0.845. The number of rotatable bonds is 7. The molecule has 0 aromatic rings. The zero-order chi connectivity index (χ0) is 13.6. The summed E-state index contributed by atoms with van der Waals surface area (Å²) in [5, 5.41) is 3.55. The van der Waals surface area contributed by atoms with Gasteiger partial charge in [-0.1, -0.05) is 26.7 Å². The van der Waals surface area contributed by atoms with Gasteiger partial charge in [0.25, 0.3) is 0 Å². The molecule has 1 aliphatic heterocycles. The van der Waals surface area contributed by atoms with Crippen molar-refractivity contribution in [1.29, 1.82) is 0 Å². The van der Waals surface area contributed by atoms with Crippen molar-refractivity contribution in [3.05, 3.63) is 0 Å². The van der Waals surface area contributed by atoms with Crippen LogP contribution in [-0.4, -0.2) is 36.6 Å². The number of nitrogens with one attached hydrogen (secondary N) is 1. The van der Waals surface area contributed by atoms with Crippen molar-refractivity contribution < 1.29 is 0 Å². The predicted molar refractivity (Wildman–Crippen MR) is 81.1 cm³/mol.